The second kappa shape index (κ2) is 7.47. The lowest BCUT2D eigenvalue weighted by molar-refractivity contribution is 0.0996. The molecule has 5 nitrogen and oxygen atoms in total. The van der Waals surface area contributed by atoms with E-state index in [-0.39, 0.29) is 11.7 Å². The van der Waals surface area contributed by atoms with Crippen LogP contribution in [0.3, 0.4) is 0 Å². The van der Waals surface area contributed by atoms with E-state index in [1.807, 2.05) is 47.8 Å². The second-order valence-electron chi connectivity index (χ2n) is 5.99. The van der Waals surface area contributed by atoms with Crippen LogP contribution in [0, 0.1) is 6.92 Å². The first-order valence-electron chi connectivity index (χ1n) is 8.42. The van der Waals surface area contributed by atoms with Crippen molar-refractivity contribution in [3.05, 3.63) is 83.6 Å². The van der Waals surface area contributed by atoms with Crippen LogP contribution in [0.15, 0.2) is 76.7 Å². The molecule has 134 valence electrons. The molecule has 0 bridgehead atoms. The van der Waals surface area contributed by atoms with Crippen LogP contribution in [-0.4, -0.2) is 10.9 Å². The van der Waals surface area contributed by atoms with E-state index >= 15 is 0 Å². The van der Waals surface area contributed by atoms with Crippen molar-refractivity contribution in [2.75, 3.05) is 10.6 Å². The summed E-state index contributed by atoms with van der Waals surface area (Å²) in [5.74, 6) is 0.0108. The molecule has 0 aliphatic rings. The van der Waals surface area contributed by atoms with Gasteiger partial charge in [0.2, 0.25) is 0 Å². The first-order valence-corrected chi connectivity index (χ1v) is 9.30. The molecule has 0 saturated heterocycles. The molecular formula is C21H17N3O2S. The van der Waals surface area contributed by atoms with Gasteiger partial charge in [0, 0.05) is 22.3 Å². The Morgan fingerprint density at radius 3 is 2.59 bits per heavy atom. The number of furan rings is 1. The van der Waals surface area contributed by atoms with Gasteiger partial charge in [-0.05, 0) is 42.8 Å². The largest absolute Gasteiger partial charge is 0.459 e. The standard InChI is InChI=1S/C21H17N3O2S/c1-14-5-2-3-6-17(14)23-21-24-18(13-27-21)15-8-10-16(11-9-15)22-20(25)19-7-4-12-26-19/h2-13H,1H3,(H,22,25)(H,23,24). The van der Waals surface area contributed by atoms with E-state index in [2.05, 4.69) is 28.6 Å². The lowest BCUT2D eigenvalue weighted by Gasteiger charge is -2.06. The minimum Gasteiger partial charge on any atom is -0.459 e. The summed E-state index contributed by atoms with van der Waals surface area (Å²) in [5, 5.41) is 9.01. The number of thiazole rings is 1. The number of nitrogens with zero attached hydrogens (tertiary/aromatic N) is 1. The molecule has 2 aromatic carbocycles. The molecular weight excluding hydrogens is 358 g/mol. The molecule has 2 heterocycles. The third kappa shape index (κ3) is 3.91. The van der Waals surface area contributed by atoms with E-state index < -0.39 is 0 Å². The number of para-hydroxylation sites is 1. The molecule has 1 amide bonds. The zero-order valence-electron chi connectivity index (χ0n) is 14.6. The third-order valence-electron chi connectivity index (χ3n) is 4.07. The van der Waals surface area contributed by atoms with Gasteiger partial charge in [-0.15, -0.1) is 11.3 Å². The fraction of sp³-hybridized carbons (Fsp3) is 0.0476. The van der Waals surface area contributed by atoms with Crippen molar-refractivity contribution in [1.82, 2.24) is 4.98 Å². The molecule has 0 atom stereocenters. The first-order chi connectivity index (χ1) is 13.2. The van der Waals surface area contributed by atoms with Gasteiger partial charge in [0.15, 0.2) is 10.9 Å². The molecule has 0 aliphatic carbocycles. The summed E-state index contributed by atoms with van der Waals surface area (Å²) in [4.78, 5) is 16.7. The minimum atomic E-state index is -0.272. The van der Waals surface area contributed by atoms with Gasteiger partial charge in [0.25, 0.3) is 5.91 Å². The number of rotatable bonds is 5. The minimum absolute atomic E-state index is 0.272. The molecule has 2 aromatic heterocycles. The Morgan fingerprint density at radius 2 is 1.85 bits per heavy atom. The highest BCUT2D eigenvalue weighted by atomic mass is 32.1. The highest BCUT2D eigenvalue weighted by molar-refractivity contribution is 7.14. The highest BCUT2D eigenvalue weighted by Crippen LogP contribution is 2.29. The maximum atomic E-state index is 12.0. The summed E-state index contributed by atoms with van der Waals surface area (Å²) >= 11 is 1.56. The molecule has 4 aromatic rings. The van der Waals surface area contributed by atoms with E-state index in [0.717, 1.165) is 22.1 Å². The second-order valence-corrected chi connectivity index (χ2v) is 6.84. The van der Waals surface area contributed by atoms with Crippen LogP contribution in [-0.2, 0) is 0 Å². The summed E-state index contributed by atoms with van der Waals surface area (Å²) in [7, 11) is 0. The molecule has 0 fully saturated rings. The van der Waals surface area contributed by atoms with E-state index in [1.54, 1.807) is 23.5 Å². The van der Waals surface area contributed by atoms with Gasteiger partial charge >= 0.3 is 0 Å². The van der Waals surface area contributed by atoms with E-state index in [9.17, 15) is 4.79 Å². The Balaban J connectivity index is 1.46. The van der Waals surface area contributed by atoms with E-state index in [0.29, 0.717) is 5.69 Å². The zero-order chi connectivity index (χ0) is 18.6. The van der Waals surface area contributed by atoms with Crippen molar-refractivity contribution < 1.29 is 9.21 Å². The van der Waals surface area contributed by atoms with Crippen LogP contribution in [0.4, 0.5) is 16.5 Å². The van der Waals surface area contributed by atoms with Crippen LogP contribution >= 0.6 is 11.3 Å². The lowest BCUT2D eigenvalue weighted by atomic mass is 10.1. The van der Waals surface area contributed by atoms with Gasteiger partial charge in [-0.25, -0.2) is 4.98 Å². The predicted octanol–water partition coefficient (Wildman–Crippen LogP) is 5.71. The maximum absolute atomic E-state index is 12.0. The van der Waals surface area contributed by atoms with Crippen molar-refractivity contribution in [3.8, 4) is 11.3 Å². The van der Waals surface area contributed by atoms with E-state index in [1.165, 1.54) is 11.8 Å². The molecule has 27 heavy (non-hydrogen) atoms. The number of carbonyl (C=O) groups excluding carboxylic acids is 1. The molecule has 4 rings (SSSR count). The summed E-state index contributed by atoms with van der Waals surface area (Å²) in [5.41, 5.74) is 4.80. The Kier molecular flexibility index (Phi) is 4.72. The number of hydrogen-bond acceptors (Lipinski definition) is 5. The fourth-order valence-electron chi connectivity index (χ4n) is 2.62. The monoisotopic (exact) mass is 375 g/mol. The Morgan fingerprint density at radius 1 is 1.04 bits per heavy atom. The number of hydrogen-bond donors (Lipinski definition) is 2. The average Bonchev–Trinajstić information content (AvgIpc) is 3.36. The quantitative estimate of drug-likeness (QED) is 0.469. The van der Waals surface area contributed by atoms with Crippen molar-refractivity contribution in [2.45, 2.75) is 6.92 Å². The van der Waals surface area contributed by atoms with Crippen molar-refractivity contribution >= 4 is 33.8 Å². The Hall–Kier alpha value is -3.38. The smallest absolute Gasteiger partial charge is 0.291 e. The summed E-state index contributed by atoms with van der Waals surface area (Å²) < 4.78 is 5.09. The molecule has 0 spiro atoms. The van der Waals surface area contributed by atoms with Gasteiger partial charge in [-0.2, -0.15) is 0 Å². The fourth-order valence-corrected chi connectivity index (χ4v) is 3.35. The number of amides is 1. The van der Waals surface area contributed by atoms with Gasteiger partial charge in [-0.1, -0.05) is 30.3 Å². The summed E-state index contributed by atoms with van der Waals surface area (Å²) in [6, 6.07) is 19.0. The average molecular weight is 375 g/mol. The maximum Gasteiger partial charge on any atom is 0.291 e. The molecule has 0 unspecified atom stereocenters. The highest BCUT2D eigenvalue weighted by Gasteiger charge is 2.10. The van der Waals surface area contributed by atoms with Crippen molar-refractivity contribution in [3.63, 3.8) is 0 Å². The molecule has 0 aliphatic heterocycles. The summed E-state index contributed by atoms with van der Waals surface area (Å²) in [6.45, 7) is 2.06. The number of nitrogens with one attached hydrogen (secondary N) is 2. The molecule has 0 radical (unpaired) electrons. The normalized spacial score (nSPS) is 10.6. The Labute approximate surface area is 160 Å². The van der Waals surface area contributed by atoms with Gasteiger partial charge < -0.3 is 15.1 Å². The van der Waals surface area contributed by atoms with Gasteiger partial charge in [0.1, 0.15) is 0 Å². The molecule has 0 saturated carbocycles. The number of carbonyl (C=O) groups is 1. The number of benzene rings is 2. The Bertz CT molecular complexity index is 1050. The molecule has 2 N–H and O–H groups in total. The van der Waals surface area contributed by atoms with Crippen LogP contribution in [0.25, 0.3) is 11.3 Å². The van der Waals surface area contributed by atoms with Gasteiger partial charge in [-0.3, -0.25) is 4.79 Å². The topological polar surface area (TPSA) is 67.2 Å². The number of aromatic nitrogens is 1. The zero-order valence-corrected chi connectivity index (χ0v) is 15.4. The number of aryl methyl sites for hydroxylation is 1. The van der Waals surface area contributed by atoms with Crippen LogP contribution in [0.2, 0.25) is 0 Å². The van der Waals surface area contributed by atoms with Crippen LogP contribution in [0.5, 0.6) is 0 Å². The van der Waals surface area contributed by atoms with Crippen LogP contribution in [0.1, 0.15) is 16.1 Å². The van der Waals surface area contributed by atoms with E-state index in [4.69, 9.17) is 4.42 Å². The van der Waals surface area contributed by atoms with Crippen LogP contribution < -0.4 is 10.6 Å². The third-order valence-corrected chi connectivity index (χ3v) is 4.83. The summed E-state index contributed by atoms with van der Waals surface area (Å²) in [6.07, 6.45) is 1.48. The van der Waals surface area contributed by atoms with Gasteiger partial charge in [0.05, 0.1) is 12.0 Å². The van der Waals surface area contributed by atoms with Crippen molar-refractivity contribution in [1.29, 1.82) is 0 Å². The lowest BCUT2D eigenvalue weighted by Crippen LogP contribution is -2.10. The first kappa shape index (κ1) is 17.1. The number of anilines is 3. The predicted molar refractivity (Wildman–Crippen MR) is 109 cm³/mol. The molecule has 6 heteroatoms. The SMILES string of the molecule is Cc1ccccc1Nc1nc(-c2ccc(NC(=O)c3ccco3)cc2)cs1. The van der Waals surface area contributed by atoms with Crippen molar-refractivity contribution in [2.24, 2.45) is 0 Å².